The zero-order chi connectivity index (χ0) is 37.3. The minimum absolute atomic E-state index is 0.0650. The summed E-state index contributed by atoms with van der Waals surface area (Å²) in [4.78, 5) is 2.48. The van der Waals surface area contributed by atoms with Gasteiger partial charge in [-0.3, -0.25) is 0 Å². The largest absolute Gasteiger partial charge is 0.385 e. The summed E-state index contributed by atoms with van der Waals surface area (Å²) in [5, 5.41) is 12.3. The summed E-state index contributed by atoms with van der Waals surface area (Å²) in [6.45, 7) is 7.93. The molecule has 0 aliphatic heterocycles. The SMILES string of the molecule is [N-]=[N+]=NC(O)COCCOCCOCCOCCOCCOCCOCCOCCOCCOC(c1ccccc1)(c1ccccc1)c1ccccc1. The van der Waals surface area contributed by atoms with Crippen LogP contribution < -0.4 is 0 Å². The second kappa shape index (κ2) is 29.9. The molecule has 3 rings (SSSR count). The van der Waals surface area contributed by atoms with Crippen LogP contribution in [0.5, 0.6) is 0 Å². The maximum absolute atomic E-state index is 9.17. The zero-order valence-electron chi connectivity index (χ0n) is 30.5. The van der Waals surface area contributed by atoms with E-state index in [0.29, 0.717) is 112 Å². The van der Waals surface area contributed by atoms with Gasteiger partial charge in [-0.25, -0.2) is 0 Å². The number of azide groups is 1. The predicted molar refractivity (Wildman–Crippen MR) is 198 cm³/mol. The maximum Gasteiger partial charge on any atom is 0.156 e. The molecule has 0 aromatic heterocycles. The van der Waals surface area contributed by atoms with Gasteiger partial charge in [-0.2, -0.15) is 0 Å². The molecule has 0 heterocycles. The van der Waals surface area contributed by atoms with Crippen LogP contribution in [0.15, 0.2) is 96.1 Å². The van der Waals surface area contributed by atoms with Crippen LogP contribution in [0, 0.1) is 0 Å². The van der Waals surface area contributed by atoms with Gasteiger partial charge in [0.15, 0.2) is 6.23 Å². The Hall–Kier alpha value is -3.47. The van der Waals surface area contributed by atoms with Crippen LogP contribution in [0.3, 0.4) is 0 Å². The molecule has 3 aromatic carbocycles. The summed E-state index contributed by atoms with van der Waals surface area (Å²) in [6.07, 6.45) is -1.18. The normalized spacial score (nSPS) is 12.1. The Bertz CT molecular complexity index is 1230. The number of benzene rings is 3. The predicted octanol–water partition coefficient (Wildman–Crippen LogP) is 4.77. The molecule has 1 unspecified atom stereocenters. The lowest BCUT2D eigenvalue weighted by Crippen LogP contribution is -2.34. The van der Waals surface area contributed by atoms with Crippen molar-refractivity contribution in [3.8, 4) is 0 Å². The lowest BCUT2D eigenvalue weighted by atomic mass is 9.80. The fourth-order valence-corrected chi connectivity index (χ4v) is 5.06. The van der Waals surface area contributed by atoms with E-state index in [2.05, 4.69) is 46.4 Å². The molecule has 0 aliphatic rings. The minimum Gasteiger partial charge on any atom is -0.385 e. The Kier molecular flexibility index (Phi) is 24.8. The molecule has 14 nitrogen and oxygen atoms in total. The number of aliphatic hydroxyl groups is 1. The summed E-state index contributed by atoms with van der Waals surface area (Å²) >= 11 is 0. The highest BCUT2D eigenvalue weighted by Gasteiger charge is 2.37. The van der Waals surface area contributed by atoms with Crippen LogP contribution in [-0.4, -0.2) is 137 Å². The van der Waals surface area contributed by atoms with Crippen LogP contribution in [0.25, 0.3) is 10.4 Å². The third kappa shape index (κ3) is 18.9. The molecule has 0 amide bonds. The van der Waals surface area contributed by atoms with E-state index < -0.39 is 11.8 Å². The molecule has 53 heavy (non-hydrogen) atoms. The van der Waals surface area contributed by atoms with Crippen molar-refractivity contribution >= 4 is 0 Å². The van der Waals surface area contributed by atoms with E-state index >= 15 is 0 Å². The third-order valence-corrected chi connectivity index (χ3v) is 7.52. The molecule has 1 atom stereocenters. The highest BCUT2D eigenvalue weighted by Crippen LogP contribution is 2.40. The van der Waals surface area contributed by atoms with Gasteiger partial charge in [-0.15, -0.1) is 0 Å². The van der Waals surface area contributed by atoms with Gasteiger partial charge in [0.25, 0.3) is 0 Å². The molecule has 0 bridgehead atoms. The van der Waals surface area contributed by atoms with Crippen LogP contribution >= 0.6 is 0 Å². The summed E-state index contributed by atoms with van der Waals surface area (Å²) in [5.41, 5.74) is 10.6. The molecule has 0 saturated heterocycles. The van der Waals surface area contributed by atoms with E-state index in [1.54, 1.807) is 0 Å². The smallest absolute Gasteiger partial charge is 0.156 e. The minimum atomic E-state index is -1.18. The number of rotatable bonds is 34. The first-order valence-corrected chi connectivity index (χ1v) is 18.0. The third-order valence-electron chi connectivity index (χ3n) is 7.52. The van der Waals surface area contributed by atoms with Crippen LogP contribution in [0.4, 0.5) is 0 Å². The summed E-state index contributed by atoms with van der Waals surface area (Å²) < 4.78 is 56.1. The van der Waals surface area contributed by atoms with Crippen molar-refractivity contribution in [2.24, 2.45) is 5.11 Å². The van der Waals surface area contributed by atoms with Gasteiger partial charge in [0.2, 0.25) is 0 Å². The molecule has 0 saturated carbocycles. The Balaban J connectivity index is 1.08. The van der Waals surface area contributed by atoms with Gasteiger partial charge in [0.05, 0.1) is 126 Å². The van der Waals surface area contributed by atoms with E-state index in [4.69, 9.17) is 58.0 Å². The van der Waals surface area contributed by atoms with Crippen molar-refractivity contribution in [1.29, 1.82) is 0 Å². The van der Waals surface area contributed by atoms with Gasteiger partial charge in [0, 0.05) is 4.91 Å². The fraction of sp³-hybridized carbons (Fsp3) is 0.538. The van der Waals surface area contributed by atoms with Crippen molar-refractivity contribution < 1.29 is 52.5 Å². The van der Waals surface area contributed by atoms with Gasteiger partial charge >= 0.3 is 0 Å². The molecule has 292 valence electrons. The Morgan fingerprint density at radius 3 is 0.981 bits per heavy atom. The first-order valence-electron chi connectivity index (χ1n) is 18.0. The molecule has 0 fully saturated rings. The van der Waals surface area contributed by atoms with Crippen molar-refractivity contribution in [2.45, 2.75) is 11.8 Å². The number of aliphatic hydroxyl groups excluding tert-OH is 1. The van der Waals surface area contributed by atoms with Crippen LogP contribution in [-0.2, 0) is 53.0 Å². The lowest BCUT2D eigenvalue weighted by molar-refractivity contribution is -0.0399. The summed E-state index contributed by atoms with van der Waals surface area (Å²) in [5.74, 6) is 0. The van der Waals surface area contributed by atoms with Gasteiger partial charge in [-0.1, -0.05) is 96.1 Å². The van der Waals surface area contributed by atoms with Crippen molar-refractivity contribution in [1.82, 2.24) is 0 Å². The standard InChI is InChI=1S/C39H55N3O11/c40-42-41-38(43)34-52-31-30-50-27-26-48-23-22-46-19-18-44-16-17-45-20-21-47-24-25-49-28-29-51-32-33-53-39(35-10-4-1-5-11-35,36-12-6-2-7-13-36)37-14-8-3-9-15-37/h1-15,38,43H,16-34H2. The highest BCUT2D eigenvalue weighted by atomic mass is 16.6. The molecule has 0 radical (unpaired) electrons. The number of ether oxygens (including phenoxy) is 10. The molecule has 0 aliphatic carbocycles. The summed E-state index contributed by atoms with van der Waals surface area (Å²) in [7, 11) is 0. The van der Waals surface area contributed by atoms with Crippen LogP contribution in [0.1, 0.15) is 16.7 Å². The fourth-order valence-electron chi connectivity index (χ4n) is 5.06. The van der Waals surface area contributed by atoms with Gasteiger partial charge < -0.3 is 52.5 Å². The van der Waals surface area contributed by atoms with E-state index in [9.17, 15) is 0 Å². The second-order valence-corrected chi connectivity index (χ2v) is 11.3. The first kappa shape index (κ1) is 43.9. The Morgan fingerprint density at radius 2 is 0.698 bits per heavy atom. The van der Waals surface area contributed by atoms with Crippen LogP contribution in [0.2, 0.25) is 0 Å². The van der Waals surface area contributed by atoms with Crippen molar-refractivity contribution in [3.05, 3.63) is 118 Å². The van der Waals surface area contributed by atoms with Gasteiger partial charge in [0.1, 0.15) is 5.60 Å². The van der Waals surface area contributed by atoms with Crippen molar-refractivity contribution in [3.63, 3.8) is 0 Å². The van der Waals surface area contributed by atoms with Gasteiger partial charge in [-0.05, 0) is 22.2 Å². The van der Waals surface area contributed by atoms with E-state index in [1.165, 1.54) is 0 Å². The average Bonchev–Trinajstić information content (AvgIpc) is 3.20. The Morgan fingerprint density at radius 1 is 0.434 bits per heavy atom. The summed E-state index contributed by atoms with van der Waals surface area (Å²) in [6, 6.07) is 30.9. The quantitative estimate of drug-likeness (QED) is 0.0295. The molecule has 14 heteroatoms. The van der Waals surface area contributed by atoms with Crippen molar-refractivity contribution in [2.75, 3.05) is 126 Å². The molecular formula is C39H55N3O11. The van der Waals surface area contributed by atoms with E-state index in [1.807, 2.05) is 54.6 Å². The first-order chi connectivity index (χ1) is 26.3. The van der Waals surface area contributed by atoms with E-state index in [-0.39, 0.29) is 13.2 Å². The molecule has 3 aromatic rings. The average molecular weight is 742 g/mol. The molecule has 0 spiro atoms. The number of hydrogen-bond acceptors (Lipinski definition) is 12. The highest BCUT2D eigenvalue weighted by molar-refractivity contribution is 5.47. The lowest BCUT2D eigenvalue weighted by Gasteiger charge is -2.36. The Labute approximate surface area is 312 Å². The topological polar surface area (TPSA) is 161 Å². The maximum atomic E-state index is 9.17. The zero-order valence-corrected chi connectivity index (χ0v) is 30.5. The molecular weight excluding hydrogens is 686 g/mol. The molecule has 1 N–H and O–H groups in total. The van der Waals surface area contributed by atoms with E-state index in [0.717, 1.165) is 16.7 Å². The second-order valence-electron chi connectivity index (χ2n) is 11.3. The number of nitrogens with zero attached hydrogens (tertiary/aromatic N) is 3. The monoisotopic (exact) mass is 741 g/mol. The number of hydrogen-bond donors (Lipinski definition) is 1.